The number of ketones is 1. The molecule has 0 aliphatic heterocycles. The molecule has 0 aromatic heterocycles. The summed E-state index contributed by atoms with van der Waals surface area (Å²) >= 11 is 0. The lowest BCUT2D eigenvalue weighted by molar-refractivity contribution is -0.938. The van der Waals surface area contributed by atoms with E-state index >= 15 is 0 Å². The summed E-state index contributed by atoms with van der Waals surface area (Å²) in [4.78, 5) is 83.1. The first-order valence-electron chi connectivity index (χ1n) is 5.55. The van der Waals surface area contributed by atoms with Crippen molar-refractivity contribution in [1.82, 2.24) is 0 Å². The maximum Gasteiger partial charge on any atom is 0.376 e. The van der Waals surface area contributed by atoms with Crippen molar-refractivity contribution in [1.29, 1.82) is 0 Å². The van der Waals surface area contributed by atoms with Gasteiger partial charge in [0, 0.05) is 6.42 Å². The zero-order chi connectivity index (χ0) is 20.3. The van der Waals surface area contributed by atoms with Crippen molar-refractivity contribution >= 4 is 5.78 Å². The van der Waals surface area contributed by atoms with Crippen LogP contribution in [0.5, 0.6) is 0 Å². The average molecular weight is 389 g/mol. The van der Waals surface area contributed by atoms with Crippen LogP contribution in [-0.2, 0) is 29.0 Å². The molecule has 1 aliphatic rings. The lowest BCUT2D eigenvalue weighted by Crippen LogP contribution is -2.67. The van der Waals surface area contributed by atoms with Crippen molar-refractivity contribution in [3.05, 3.63) is 50.6 Å². The van der Waals surface area contributed by atoms with Gasteiger partial charge in [0.05, 0.1) is 0 Å². The van der Waals surface area contributed by atoms with Crippen molar-refractivity contribution in [2.75, 3.05) is 0 Å². The van der Waals surface area contributed by atoms with E-state index in [0.29, 0.717) is 0 Å². The number of nitrogens with zero attached hydrogens (tertiary/aromatic N) is 5. The van der Waals surface area contributed by atoms with Crippen molar-refractivity contribution < 1.29 is 54.4 Å². The molecule has 21 heteroatoms. The lowest BCUT2D eigenvalue weighted by atomic mass is 10.1. The van der Waals surface area contributed by atoms with Gasteiger partial charge in [-0.1, -0.05) is 0 Å². The molecule has 21 nitrogen and oxygen atoms in total. The Bertz CT molecular complexity index is 640. The van der Waals surface area contributed by atoms with Gasteiger partial charge in [-0.3, -0.25) is 24.1 Å². The Hall–Kier alpha value is -4.33. The summed E-state index contributed by atoms with van der Waals surface area (Å²) in [5.74, 6) is -10.5. The Morgan fingerprint density at radius 3 is 1.42 bits per heavy atom. The topological polar surface area (TPSA) is 279 Å². The third kappa shape index (κ3) is 3.44. The molecular weight excluding hydrogens is 386 g/mol. The molecule has 0 aromatic carbocycles. The van der Waals surface area contributed by atoms with E-state index in [0.717, 1.165) is 0 Å². The number of carbonyl (C=O) groups is 1. The predicted molar refractivity (Wildman–Crippen MR) is 59.3 cm³/mol. The van der Waals surface area contributed by atoms with E-state index in [1.807, 2.05) is 0 Å². The van der Waals surface area contributed by atoms with Crippen molar-refractivity contribution in [3.8, 4) is 0 Å². The van der Waals surface area contributed by atoms with Crippen LogP contribution in [0.15, 0.2) is 0 Å². The maximum absolute atomic E-state index is 12.0. The van der Waals surface area contributed by atoms with Crippen molar-refractivity contribution in [2.24, 2.45) is 0 Å². The van der Waals surface area contributed by atoms with Crippen LogP contribution in [0.1, 0.15) is 6.42 Å². The standard InChI is InChI=1S/C5H3N5O16/c11-2-1-3(22-6(12)13)5(25-9(18)19,26-10(20)21)4(2,23-7(14)15)24-8(16)17/h3H,1H2. The molecule has 26 heavy (non-hydrogen) atoms. The van der Waals surface area contributed by atoms with Crippen LogP contribution in [0.25, 0.3) is 0 Å². The summed E-state index contributed by atoms with van der Waals surface area (Å²) in [6.45, 7) is 0. The van der Waals surface area contributed by atoms with E-state index < -0.39 is 55.3 Å². The molecular formula is C5H3N5O16. The Morgan fingerprint density at radius 2 is 1.12 bits per heavy atom. The molecule has 0 N–H and O–H groups in total. The summed E-state index contributed by atoms with van der Waals surface area (Å²) < 4.78 is 0. The smallest absolute Gasteiger partial charge is 0.305 e. The Balaban J connectivity index is 3.75. The molecule has 0 radical (unpaired) electrons. The molecule has 1 atom stereocenters. The number of hydrogen-bond acceptors (Lipinski definition) is 16. The first-order chi connectivity index (χ1) is 11.9. The quantitative estimate of drug-likeness (QED) is 0.217. The molecule has 1 fully saturated rings. The minimum absolute atomic E-state index is 1.55. The molecule has 0 bridgehead atoms. The summed E-state index contributed by atoms with van der Waals surface area (Å²) in [6.07, 6.45) is -4.37. The second-order valence-corrected chi connectivity index (χ2v) is 3.99. The zero-order valence-electron chi connectivity index (χ0n) is 11.6. The van der Waals surface area contributed by atoms with Gasteiger partial charge in [-0.25, -0.2) is 0 Å². The molecule has 0 heterocycles. The fourth-order valence-electron chi connectivity index (χ4n) is 1.99. The maximum atomic E-state index is 12.0. The third-order valence-corrected chi connectivity index (χ3v) is 2.66. The third-order valence-electron chi connectivity index (χ3n) is 2.66. The van der Waals surface area contributed by atoms with Gasteiger partial charge in [0.25, 0.3) is 25.4 Å². The van der Waals surface area contributed by atoms with Gasteiger partial charge in [-0.05, 0) is 0 Å². The van der Waals surface area contributed by atoms with Gasteiger partial charge in [-0.15, -0.1) is 50.6 Å². The molecule has 1 unspecified atom stereocenters. The highest BCUT2D eigenvalue weighted by Gasteiger charge is 2.79. The van der Waals surface area contributed by atoms with Gasteiger partial charge < -0.3 is 4.84 Å². The van der Waals surface area contributed by atoms with Gasteiger partial charge in [0.2, 0.25) is 0 Å². The van der Waals surface area contributed by atoms with Crippen LogP contribution >= 0.6 is 0 Å². The monoisotopic (exact) mass is 389 g/mol. The summed E-state index contributed by atoms with van der Waals surface area (Å²) in [5, 5.41) is 43.2. The van der Waals surface area contributed by atoms with E-state index in [1.165, 1.54) is 0 Å². The number of rotatable bonds is 10. The number of hydrogen-bond donors (Lipinski definition) is 0. The molecule has 144 valence electrons. The highest BCUT2D eigenvalue weighted by Crippen LogP contribution is 2.46. The van der Waals surface area contributed by atoms with E-state index in [1.54, 1.807) is 0 Å². The minimum atomic E-state index is -4.26. The van der Waals surface area contributed by atoms with Gasteiger partial charge >= 0.3 is 11.6 Å². The van der Waals surface area contributed by atoms with Crippen LogP contribution in [-0.4, -0.2) is 48.9 Å². The van der Waals surface area contributed by atoms with E-state index in [-0.39, 0.29) is 0 Å². The zero-order valence-corrected chi connectivity index (χ0v) is 11.6. The van der Waals surface area contributed by atoms with Gasteiger partial charge in [-0.2, -0.15) is 0 Å². The fraction of sp³-hybridized carbons (Fsp3) is 0.800. The summed E-state index contributed by atoms with van der Waals surface area (Å²) in [7, 11) is 0. The van der Waals surface area contributed by atoms with Crippen LogP contribution < -0.4 is 0 Å². The average Bonchev–Trinajstić information content (AvgIpc) is 2.58. The lowest BCUT2D eigenvalue weighted by Gasteiger charge is -2.37. The van der Waals surface area contributed by atoms with Gasteiger partial charge in [0.1, 0.15) is 0 Å². The van der Waals surface area contributed by atoms with Crippen molar-refractivity contribution in [3.63, 3.8) is 0 Å². The Labute approximate surface area is 136 Å². The normalized spacial score (nSPS) is 19.7. The molecule has 0 spiro atoms. The van der Waals surface area contributed by atoms with Gasteiger partial charge in [0.15, 0.2) is 11.9 Å². The molecule has 0 amide bonds. The predicted octanol–water partition coefficient (Wildman–Crippen LogP) is -2.24. The van der Waals surface area contributed by atoms with Crippen molar-refractivity contribution in [2.45, 2.75) is 24.1 Å². The molecule has 1 rings (SSSR count). The van der Waals surface area contributed by atoms with E-state index in [9.17, 15) is 55.4 Å². The molecule has 1 aliphatic carbocycles. The highest BCUT2D eigenvalue weighted by molar-refractivity contribution is 5.90. The molecule has 0 saturated heterocycles. The Morgan fingerprint density at radius 1 is 0.731 bits per heavy atom. The highest BCUT2D eigenvalue weighted by atomic mass is 17.1. The second-order valence-electron chi connectivity index (χ2n) is 3.99. The minimum Gasteiger partial charge on any atom is -0.305 e. The molecule has 0 aromatic rings. The summed E-state index contributed by atoms with van der Waals surface area (Å²) in [5.41, 5.74) is 0. The first kappa shape index (κ1) is 19.7. The van der Waals surface area contributed by atoms with E-state index in [2.05, 4.69) is 24.2 Å². The number of Topliss-reactive ketones (excluding diaryl/α,β-unsaturated/α-hetero) is 1. The Kier molecular flexibility index (Phi) is 5.05. The van der Waals surface area contributed by atoms with E-state index in [4.69, 9.17) is 0 Å². The van der Waals surface area contributed by atoms with Crippen LogP contribution in [0.4, 0.5) is 0 Å². The SMILES string of the molecule is O=C1CC(O[N+](=O)[O-])C(O[N+](=O)[O-])(O[N+](=O)[O-])C1(O[N+](=O)[O-])O[N+](=O)[O-]. The van der Waals surface area contributed by atoms with Crippen LogP contribution in [0.2, 0.25) is 0 Å². The van der Waals surface area contributed by atoms with Crippen LogP contribution in [0, 0.1) is 50.6 Å². The fourth-order valence-corrected chi connectivity index (χ4v) is 1.99. The van der Waals surface area contributed by atoms with Crippen LogP contribution in [0.3, 0.4) is 0 Å². The second kappa shape index (κ2) is 6.65. The summed E-state index contributed by atoms with van der Waals surface area (Å²) in [6, 6.07) is 0. The molecule has 1 saturated carbocycles. The first-order valence-corrected chi connectivity index (χ1v) is 5.55. The largest absolute Gasteiger partial charge is 0.376 e. The number of carbonyl (C=O) groups excluding carboxylic acids is 1.